The van der Waals surface area contributed by atoms with Crippen molar-refractivity contribution in [1.29, 1.82) is 0 Å². The van der Waals surface area contributed by atoms with E-state index in [2.05, 4.69) is 10.1 Å². The highest BCUT2D eigenvalue weighted by atomic mass is 19.1. The highest BCUT2D eigenvalue weighted by molar-refractivity contribution is 5.95. The molecule has 0 saturated carbocycles. The Morgan fingerprint density at radius 2 is 1.66 bits per heavy atom. The minimum absolute atomic E-state index is 0.0718. The van der Waals surface area contributed by atoms with Crippen LogP contribution in [0.5, 0.6) is 0 Å². The van der Waals surface area contributed by atoms with Crippen molar-refractivity contribution in [1.82, 2.24) is 5.32 Å². The van der Waals surface area contributed by atoms with Crippen molar-refractivity contribution in [2.75, 3.05) is 58.0 Å². The Morgan fingerprint density at radius 1 is 1.05 bits per heavy atom. The Balaban J connectivity index is 0.000000224. The summed E-state index contributed by atoms with van der Waals surface area (Å²) < 4.78 is 27.4. The summed E-state index contributed by atoms with van der Waals surface area (Å²) in [7, 11) is 1.10. The molecule has 2 aliphatic heterocycles. The molecule has 2 fully saturated rings. The van der Waals surface area contributed by atoms with Crippen molar-refractivity contribution < 1.29 is 43.1 Å². The lowest BCUT2D eigenvalue weighted by Gasteiger charge is -2.29. The number of aromatic carboxylic acids is 1. The first kappa shape index (κ1) is 29.9. The number of ether oxygens (including phenoxy) is 3. The van der Waals surface area contributed by atoms with Gasteiger partial charge in [0.25, 0.3) is 11.4 Å². The molecule has 0 unspecified atom stereocenters. The van der Waals surface area contributed by atoms with Crippen molar-refractivity contribution in [2.45, 2.75) is 0 Å². The zero-order valence-corrected chi connectivity index (χ0v) is 20.3. The molecule has 0 radical (unpaired) electrons. The van der Waals surface area contributed by atoms with E-state index in [-0.39, 0.29) is 16.8 Å². The standard InChI is InChI=1S/C11H12N2O5.C8H6FNO4.C4H8NO/c14-11(15)9-2-1-8(13(16)17)7-10(9)12-3-5-18-6-4-12;1-14-8(11)6-3-2-5(10(12)13)4-7(6)9;1-3-6-4-2-5-1/h1-2,7H,3-6H2,(H,14,15);2-4H,1H3;3,5H,1-2,4H2/q;;+1. The topological polar surface area (TPSA) is 184 Å². The Labute approximate surface area is 216 Å². The number of carbonyl (C=O) groups is 2. The number of carboxylic acids is 1. The lowest BCUT2D eigenvalue weighted by atomic mass is 10.1. The van der Waals surface area contributed by atoms with Crippen LogP contribution in [-0.2, 0) is 14.2 Å². The van der Waals surface area contributed by atoms with E-state index in [1.807, 2.05) is 0 Å². The number of nitrogens with one attached hydrogen (secondary N) is 1. The van der Waals surface area contributed by atoms with Crippen LogP contribution in [0.1, 0.15) is 20.7 Å². The summed E-state index contributed by atoms with van der Waals surface area (Å²) in [4.78, 5) is 43.5. The van der Waals surface area contributed by atoms with E-state index < -0.39 is 33.3 Å². The van der Waals surface area contributed by atoms with Gasteiger partial charge in [0.2, 0.25) is 6.61 Å². The second kappa shape index (κ2) is 15.0. The van der Waals surface area contributed by atoms with Crippen molar-refractivity contribution in [3.63, 3.8) is 0 Å². The molecule has 38 heavy (non-hydrogen) atoms. The number of carbonyl (C=O) groups excluding carboxylic acids is 1. The van der Waals surface area contributed by atoms with Gasteiger partial charge in [-0.15, -0.1) is 0 Å². The van der Waals surface area contributed by atoms with Gasteiger partial charge in [0, 0.05) is 37.8 Å². The fourth-order valence-electron chi connectivity index (χ4n) is 3.21. The SMILES string of the molecule is COC(=O)c1ccc([N+](=O)[O-])cc1F.O=C(O)c1ccc([N+](=O)[O-])cc1N1CCOCC1.[CH+]1CNCCO1. The highest BCUT2D eigenvalue weighted by Gasteiger charge is 2.21. The van der Waals surface area contributed by atoms with Crippen LogP contribution in [-0.4, -0.2) is 80.0 Å². The summed E-state index contributed by atoms with van der Waals surface area (Å²) in [6, 6.07) is 6.49. The summed E-state index contributed by atoms with van der Waals surface area (Å²) in [5.41, 5.74) is -0.391. The van der Waals surface area contributed by atoms with E-state index in [1.165, 1.54) is 18.2 Å². The van der Waals surface area contributed by atoms with Crippen LogP contribution in [0.2, 0.25) is 0 Å². The molecule has 2 aromatic rings. The van der Waals surface area contributed by atoms with Crippen molar-refractivity contribution in [3.8, 4) is 0 Å². The van der Waals surface area contributed by atoms with Gasteiger partial charge in [-0.1, -0.05) is 0 Å². The number of hydrogen-bond donors (Lipinski definition) is 2. The molecule has 0 spiro atoms. The first-order chi connectivity index (χ1) is 18.1. The molecule has 15 heteroatoms. The number of esters is 1. The largest absolute Gasteiger partial charge is 0.478 e. The van der Waals surface area contributed by atoms with E-state index in [4.69, 9.17) is 14.6 Å². The molecule has 0 aromatic heterocycles. The van der Waals surface area contributed by atoms with E-state index in [9.17, 15) is 34.2 Å². The van der Waals surface area contributed by atoms with Crippen LogP contribution in [0, 0.1) is 32.7 Å². The van der Waals surface area contributed by atoms with Gasteiger partial charge >= 0.3 is 11.9 Å². The van der Waals surface area contributed by atoms with Crippen molar-refractivity contribution in [2.24, 2.45) is 0 Å². The van der Waals surface area contributed by atoms with E-state index in [1.54, 1.807) is 11.5 Å². The number of benzene rings is 2. The maximum absolute atomic E-state index is 13.0. The fraction of sp³-hybridized carbons (Fsp3) is 0.348. The predicted octanol–water partition coefficient (Wildman–Crippen LogP) is 2.42. The summed E-state index contributed by atoms with van der Waals surface area (Å²) in [5, 5.41) is 33.2. The van der Waals surface area contributed by atoms with Gasteiger partial charge in [-0.25, -0.2) is 14.0 Å². The molecule has 0 bridgehead atoms. The molecule has 0 aliphatic carbocycles. The first-order valence-corrected chi connectivity index (χ1v) is 11.2. The number of hydrogen-bond acceptors (Lipinski definition) is 11. The quantitative estimate of drug-likeness (QED) is 0.246. The number of halogens is 1. The number of anilines is 1. The van der Waals surface area contributed by atoms with Crippen LogP contribution < -0.4 is 10.2 Å². The molecule has 204 valence electrons. The van der Waals surface area contributed by atoms with Gasteiger partial charge in [-0.05, 0) is 12.1 Å². The number of morpholine rings is 2. The molecule has 2 aliphatic rings. The minimum atomic E-state index is -1.09. The predicted molar refractivity (Wildman–Crippen MR) is 131 cm³/mol. The summed E-state index contributed by atoms with van der Waals surface area (Å²) in [6.45, 7) is 6.55. The fourth-order valence-corrected chi connectivity index (χ4v) is 3.21. The number of methoxy groups -OCH3 is 1. The van der Waals surface area contributed by atoms with E-state index >= 15 is 0 Å². The van der Waals surface area contributed by atoms with E-state index in [0.29, 0.717) is 38.1 Å². The highest BCUT2D eigenvalue weighted by Crippen LogP contribution is 2.27. The van der Waals surface area contributed by atoms with Crippen molar-refractivity contribution >= 4 is 29.0 Å². The third kappa shape index (κ3) is 8.95. The van der Waals surface area contributed by atoms with Crippen LogP contribution in [0.4, 0.5) is 21.5 Å². The molecule has 4 rings (SSSR count). The zero-order chi connectivity index (χ0) is 28.1. The van der Waals surface area contributed by atoms with Gasteiger partial charge in [-0.2, -0.15) is 4.74 Å². The number of non-ortho nitro benzene ring substituents is 2. The van der Waals surface area contributed by atoms with Gasteiger partial charge in [0.05, 0.1) is 53.1 Å². The smallest absolute Gasteiger partial charge is 0.340 e. The summed E-state index contributed by atoms with van der Waals surface area (Å²) in [6.07, 6.45) is 0. The number of nitrogens with zero attached hydrogens (tertiary/aromatic N) is 3. The molecule has 2 heterocycles. The van der Waals surface area contributed by atoms with Gasteiger partial charge in [-0.3, -0.25) is 25.5 Å². The molecular weight excluding hydrogens is 511 g/mol. The van der Waals surface area contributed by atoms with Gasteiger partial charge in [0.1, 0.15) is 12.4 Å². The normalized spacial score (nSPS) is 14.4. The second-order valence-electron chi connectivity index (χ2n) is 7.52. The average Bonchev–Trinajstić information content (AvgIpc) is 2.94. The maximum Gasteiger partial charge on any atom is 0.340 e. The van der Waals surface area contributed by atoms with E-state index in [0.717, 1.165) is 38.9 Å². The van der Waals surface area contributed by atoms with Crippen molar-refractivity contribution in [3.05, 3.63) is 80.2 Å². The number of rotatable bonds is 5. The molecule has 0 amide bonds. The van der Waals surface area contributed by atoms with Crippen LogP contribution >= 0.6 is 0 Å². The third-order valence-corrected chi connectivity index (χ3v) is 5.09. The number of nitro benzene ring substituents is 2. The molecule has 14 nitrogen and oxygen atoms in total. The lowest BCUT2D eigenvalue weighted by molar-refractivity contribution is -0.385. The minimum Gasteiger partial charge on any atom is -0.478 e. The Morgan fingerprint density at radius 3 is 2.08 bits per heavy atom. The molecule has 0 atom stereocenters. The number of nitro groups is 2. The zero-order valence-electron chi connectivity index (χ0n) is 20.3. The lowest BCUT2D eigenvalue weighted by Crippen LogP contribution is -2.37. The van der Waals surface area contributed by atoms with Crippen LogP contribution in [0.25, 0.3) is 0 Å². The van der Waals surface area contributed by atoms with Gasteiger partial charge < -0.3 is 19.5 Å². The summed E-state index contributed by atoms with van der Waals surface area (Å²) in [5.74, 6) is -2.92. The first-order valence-electron chi connectivity index (χ1n) is 11.2. The Kier molecular flexibility index (Phi) is 11.8. The third-order valence-electron chi connectivity index (χ3n) is 5.09. The monoisotopic (exact) mass is 537 g/mol. The summed E-state index contributed by atoms with van der Waals surface area (Å²) >= 11 is 0. The van der Waals surface area contributed by atoms with Crippen LogP contribution in [0.15, 0.2) is 36.4 Å². The molecule has 2 saturated heterocycles. The molecule has 2 aromatic carbocycles. The number of carboxylic acid groups (broad SMARTS) is 1. The molecule has 2 N–H and O–H groups in total. The average molecular weight is 537 g/mol. The second-order valence-corrected chi connectivity index (χ2v) is 7.52. The Bertz CT molecular complexity index is 1130. The maximum atomic E-state index is 13.0. The molecular formula is C23H26FN4O10+. The van der Waals surface area contributed by atoms with Crippen LogP contribution in [0.3, 0.4) is 0 Å². The van der Waals surface area contributed by atoms with Gasteiger partial charge in [0.15, 0.2) is 6.54 Å². The Hall–Kier alpha value is -4.34.